The number of methoxy groups -OCH3 is 2. The van der Waals surface area contributed by atoms with E-state index in [1.807, 2.05) is 42.5 Å². The summed E-state index contributed by atoms with van der Waals surface area (Å²) in [5.41, 5.74) is 1.08. The number of carbonyl (C=O) groups is 2. The van der Waals surface area contributed by atoms with Crippen LogP contribution in [0, 0.1) is 10.1 Å². The normalized spacial score (nSPS) is 11.5. The third kappa shape index (κ3) is 5.36. The van der Waals surface area contributed by atoms with Gasteiger partial charge in [0.2, 0.25) is 5.91 Å². The molecule has 0 saturated heterocycles. The zero-order chi connectivity index (χ0) is 22.4. The highest BCUT2D eigenvalue weighted by molar-refractivity contribution is 5.88. The Labute approximate surface area is 178 Å². The molecule has 0 fully saturated rings. The van der Waals surface area contributed by atoms with Gasteiger partial charge in [-0.15, -0.1) is 0 Å². The summed E-state index contributed by atoms with van der Waals surface area (Å²) in [5.74, 6) is -0.872. The minimum atomic E-state index is -0.981. The Bertz CT molecular complexity index is 1130. The molecule has 0 aliphatic rings. The van der Waals surface area contributed by atoms with Crippen molar-refractivity contribution in [2.75, 3.05) is 14.2 Å². The molecule has 1 N–H and O–H groups in total. The molecule has 8 heteroatoms. The molecule has 0 heterocycles. The van der Waals surface area contributed by atoms with Crippen molar-refractivity contribution in [1.29, 1.82) is 0 Å². The minimum absolute atomic E-state index is 0.0426. The van der Waals surface area contributed by atoms with Crippen LogP contribution in [0.2, 0.25) is 0 Å². The first-order chi connectivity index (χ1) is 14.9. The van der Waals surface area contributed by atoms with E-state index in [1.54, 1.807) is 6.07 Å². The lowest BCUT2D eigenvalue weighted by Crippen LogP contribution is -2.43. The molecule has 160 valence electrons. The molecule has 0 bridgehead atoms. The second-order valence-corrected chi connectivity index (χ2v) is 6.97. The Morgan fingerprint density at radius 2 is 1.71 bits per heavy atom. The molecule has 3 aromatic carbocycles. The minimum Gasteiger partial charge on any atom is -0.490 e. The molecule has 0 spiro atoms. The van der Waals surface area contributed by atoms with Crippen LogP contribution in [0.4, 0.5) is 5.69 Å². The van der Waals surface area contributed by atoms with Gasteiger partial charge in [-0.25, -0.2) is 4.79 Å². The first-order valence-corrected chi connectivity index (χ1v) is 9.57. The van der Waals surface area contributed by atoms with E-state index in [0.29, 0.717) is 5.56 Å². The quantitative estimate of drug-likeness (QED) is 0.339. The van der Waals surface area contributed by atoms with Crippen LogP contribution in [0.25, 0.3) is 10.8 Å². The largest absolute Gasteiger partial charge is 0.490 e. The van der Waals surface area contributed by atoms with Gasteiger partial charge in [0.25, 0.3) is 0 Å². The Morgan fingerprint density at radius 3 is 2.39 bits per heavy atom. The van der Waals surface area contributed by atoms with Crippen LogP contribution in [0.15, 0.2) is 60.7 Å². The van der Waals surface area contributed by atoms with Crippen LogP contribution in [-0.2, 0) is 27.2 Å². The number of fused-ring (bicyclic) bond motifs is 1. The van der Waals surface area contributed by atoms with E-state index in [1.165, 1.54) is 26.4 Å². The van der Waals surface area contributed by atoms with E-state index in [-0.39, 0.29) is 30.2 Å². The number of carbonyl (C=O) groups excluding carboxylic acids is 2. The van der Waals surface area contributed by atoms with E-state index < -0.39 is 16.9 Å². The number of hydrogen-bond acceptors (Lipinski definition) is 6. The molecular formula is C23H22N2O6. The van der Waals surface area contributed by atoms with Gasteiger partial charge in [0.05, 0.1) is 25.6 Å². The van der Waals surface area contributed by atoms with Gasteiger partial charge in [0, 0.05) is 12.5 Å². The van der Waals surface area contributed by atoms with Crippen molar-refractivity contribution in [2.45, 2.75) is 18.9 Å². The zero-order valence-electron chi connectivity index (χ0n) is 17.2. The smallest absolute Gasteiger partial charge is 0.328 e. The van der Waals surface area contributed by atoms with E-state index in [4.69, 9.17) is 9.47 Å². The predicted octanol–water partition coefficient (Wildman–Crippen LogP) is 3.20. The molecular weight excluding hydrogens is 400 g/mol. The SMILES string of the molecule is COC(=O)[C@H](Cc1ccc(OC)c([N+](=O)[O-])c1)NC(=O)Cc1ccc2ccccc2c1. The molecule has 0 aromatic heterocycles. The number of benzene rings is 3. The first-order valence-electron chi connectivity index (χ1n) is 9.57. The van der Waals surface area contributed by atoms with Crippen molar-refractivity contribution in [3.8, 4) is 5.75 Å². The molecule has 8 nitrogen and oxygen atoms in total. The van der Waals surface area contributed by atoms with Gasteiger partial charge in [-0.05, 0) is 28.0 Å². The highest BCUT2D eigenvalue weighted by Crippen LogP contribution is 2.28. The predicted molar refractivity (Wildman–Crippen MR) is 115 cm³/mol. The van der Waals surface area contributed by atoms with Crippen LogP contribution < -0.4 is 10.1 Å². The van der Waals surface area contributed by atoms with Crippen LogP contribution in [0.1, 0.15) is 11.1 Å². The van der Waals surface area contributed by atoms with E-state index in [0.717, 1.165) is 16.3 Å². The fourth-order valence-corrected chi connectivity index (χ4v) is 3.36. The average Bonchev–Trinajstić information content (AvgIpc) is 2.77. The van der Waals surface area contributed by atoms with Crippen molar-refractivity contribution in [1.82, 2.24) is 5.32 Å². The van der Waals surface area contributed by atoms with Crippen molar-refractivity contribution in [2.24, 2.45) is 0 Å². The van der Waals surface area contributed by atoms with Gasteiger partial charge in [0.15, 0.2) is 5.75 Å². The standard InChI is InChI=1S/C23H22N2O6/c1-30-21-10-8-16(13-20(21)25(28)29)12-19(23(27)31-2)24-22(26)14-15-7-9-17-5-3-4-6-18(17)11-15/h3-11,13,19H,12,14H2,1-2H3,(H,24,26)/t19-/m0/s1. The molecule has 0 aliphatic carbocycles. The number of nitro groups is 1. The molecule has 0 unspecified atom stereocenters. The van der Waals surface area contributed by atoms with Crippen LogP contribution in [0.5, 0.6) is 5.75 Å². The lowest BCUT2D eigenvalue weighted by Gasteiger charge is -2.17. The molecule has 1 amide bonds. The summed E-state index contributed by atoms with van der Waals surface area (Å²) in [4.78, 5) is 35.5. The van der Waals surface area contributed by atoms with Crippen LogP contribution >= 0.6 is 0 Å². The van der Waals surface area contributed by atoms with Gasteiger partial charge in [0.1, 0.15) is 6.04 Å². The number of rotatable bonds is 8. The van der Waals surface area contributed by atoms with E-state index in [9.17, 15) is 19.7 Å². The first kappa shape index (κ1) is 21.8. The number of nitrogens with zero attached hydrogens (tertiary/aromatic N) is 1. The number of amides is 1. The summed E-state index contributed by atoms with van der Waals surface area (Å²) >= 11 is 0. The second kappa shape index (κ2) is 9.71. The maximum Gasteiger partial charge on any atom is 0.328 e. The summed E-state index contributed by atoms with van der Waals surface area (Å²) < 4.78 is 9.80. The molecule has 1 atom stereocenters. The fraction of sp³-hybridized carbons (Fsp3) is 0.217. The topological polar surface area (TPSA) is 108 Å². The van der Waals surface area contributed by atoms with Gasteiger partial charge in [-0.2, -0.15) is 0 Å². The Morgan fingerprint density at radius 1 is 1.00 bits per heavy atom. The van der Waals surface area contributed by atoms with Crippen molar-refractivity contribution in [3.63, 3.8) is 0 Å². The maximum atomic E-state index is 12.6. The van der Waals surface area contributed by atoms with Crippen molar-refractivity contribution >= 4 is 28.3 Å². The number of esters is 1. The average molecular weight is 422 g/mol. The lowest BCUT2D eigenvalue weighted by molar-refractivity contribution is -0.385. The summed E-state index contributed by atoms with van der Waals surface area (Å²) in [5, 5.41) is 16.0. The Kier molecular flexibility index (Phi) is 6.81. The van der Waals surface area contributed by atoms with E-state index >= 15 is 0 Å². The van der Waals surface area contributed by atoms with Crippen LogP contribution in [-0.4, -0.2) is 37.1 Å². The van der Waals surface area contributed by atoms with Crippen molar-refractivity contribution < 1.29 is 24.0 Å². The number of nitro benzene ring substituents is 1. The number of hydrogen-bond donors (Lipinski definition) is 1. The Balaban J connectivity index is 1.75. The second-order valence-electron chi connectivity index (χ2n) is 6.97. The summed E-state index contributed by atoms with van der Waals surface area (Å²) in [7, 11) is 2.56. The number of nitrogens with one attached hydrogen (secondary N) is 1. The molecule has 0 radical (unpaired) electrons. The lowest BCUT2D eigenvalue weighted by atomic mass is 10.0. The molecule has 3 rings (SSSR count). The molecule has 3 aromatic rings. The fourth-order valence-electron chi connectivity index (χ4n) is 3.36. The van der Waals surface area contributed by atoms with Gasteiger partial charge in [-0.1, -0.05) is 48.5 Å². The van der Waals surface area contributed by atoms with Gasteiger partial charge < -0.3 is 14.8 Å². The zero-order valence-corrected chi connectivity index (χ0v) is 17.2. The monoisotopic (exact) mass is 422 g/mol. The summed E-state index contributed by atoms with van der Waals surface area (Å²) in [6.07, 6.45) is 0.127. The molecule has 0 aliphatic heterocycles. The van der Waals surface area contributed by atoms with Crippen LogP contribution in [0.3, 0.4) is 0 Å². The summed E-state index contributed by atoms with van der Waals surface area (Å²) in [6.45, 7) is 0. The summed E-state index contributed by atoms with van der Waals surface area (Å²) in [6, 6.07) is 17.0. The number of ether oxygens (including phenoxy) is 2. The third-order valence-electron chi connectivity index (χ3n) is 4.88. The van der Waals surface area contributed by atoms with Crippen molar-refractivity contribution in [3.05, 3.63) is 81.9 Å². The van der Waals surface area contributed by atoms with Gasteiger partial charge in [-0.3, -0.25) is 14.9 Å². The molecule has 31 heavy (non-hydrogen) atoms. The van der Waals surface area contributed by atoms with Gasteiger partial charge >= 0.3 is 11.7 Å². The van der Waals surface area contributed by atoms with E-state index in [2.05, 4.69) is 5.32 Å². The molecule has 0 saturated carbocycles. The maximum absolute atomic E-state index is 12.6. The highest BCUT2D eigenvalue weighted by Gasteiger charge is 2.24. The third-order valence-corrected chi connectivity index (χ3v) is 4.88. The highest BCUT2D eigenvalue weighted by atomic mass is 16.6. The Hall–Kier alpha value is -3.94.